The Labute approximate surface area is 122 Å². The van der Waals surface area contributed by atoms with E-state index in [9.17, 15) is 0 Å². The van der Waals surface area contributed by atoms with Gasteiger partial charge in [-0.25, -0.2) is 4.98 Å². The number of nitrogens with zero attached hydrogens (tertiary/aromatic N) is 1. The Bertz CT molecular complexity index is 710. The van der Waals surface area contributed by atoms with Crippen molar-refractivity contribution in [3.05, 3.63) is 54.4 Å². The molecule has 0 fully saturated rings. The van der Waals surface area contributed by atoms with Crippen LogP contribution < -0.4 is 10.5 Å². The molecule has 0 saturated carbocycles. The van der Waals surface area contributed by atoms with Crippen molar-refractivity contribution in [1.29, 1.82) is 0 Å². The van der Waals surface area contributed by atoms with Crippen molar-refractivity contribution >= 4 is 16.8 Å². The van der Waals surface area contributed by atoms with Crippen molar-refractivity contribution < 1.29 is 13.9 Å². The summed E-state index contributed by atoms with van der Waals surface area (Å²) in [4.78, 5) is 4.31. The Balaban J connectivity index is 1.47. The predicted molar refractivity (Wildman–Crippen MR) is 80.0 cm³/mol. The number of hydrogen-bond acceptors (Lipinski definition) is 5. The highest BCUT2D eigenvalue weighted by Gasteiger charge is 2.07. The second-order valence-electron chi connectivity index (χ2n) is 4.52. The molecule has 1 heterocycles. The van der Waals surface area contributed by atoms with E-state index in [-0.39, 0.29) is 0 Å². The number of oxazole rings is 1. The zero-order valence-corrected chi connectivity index (χ0v) is 11.5. The van der Waals surface area contributed by atoms with Crippen LogP contribution in [0.3, 0.4) is 0 Å². The molecule has 0 unspecified atom stereocenters. The summed E-state index contributed by atoms with van der Waals surface area (Å²) in [6.07, 6.45) is 0. The summed E-state index contributed by atoms with van der Waals surface area (Å²) in [6, 6.07) is 15.1. The molecule has 5 heteroatoms. The molecule has 3 aromatic rings. The Morgan fingerprint density at radius 3 is 2.67 bits per heavy atom. The van der Waals surface area contributed by atoms with E-state index in [1.807, 2.05) is 42.5 Å². The topological polar surface area (TPSA) is 70.5 Å². The predicted octanol–water partition coefficient (Wildman–Crippen LogP) is 3.01. The van der Waals surface area contributed by atoms with Gasteiger partial charge in [0.2, 0.25) is 5.89 Å². The molecule has 0 radical (unpaired) electrons. The zero-order valence-electron chi connectivity index (χ0n) is 11.5. The smallest absolute Gasteiger partial charge is 0.221 e. The Morgan fingerprint density at radius 2 is 1.86 bits per heavy atom. The number of fused-ring (bicyclic) bond motifs is 1. The van der Waals surface area contributed by atoms with Gasteiger partial charge in [-0.2, -0.15) is 0 Å². The van der Waals surface area contributed by atoms with Gasteiger partial charge in [-0.1, -0.05) is 24.3 Å². The molecular formula is C16H16N2O3. The third-order valence-corrected chi connectivity index (χ3v) is 2.96. The Kier molecular flexibility index (Phi) is 4.02. The van der Waals surface area contributed by atoms with E-state index >= 15 is 0 Å². The van der Waals surface area contributed by atoms with Gasteiger partial charge >= 0.3 is 0 Å². The molecule has 5 nitrogen and oxygen atoms in total. The van der Waals surface area contributed by atoms with E-state index < -0.39 is 0 Å². The number of anilines is 1. The number of hydrogen-bond donors (Lipinski definition) is 1. The van der Waals surface area contributed by atoms with Gasteiger partial charge in [0.25, 0.3) is 0 Å². The largest absolute Gasteiger partial charge is 0.491 e. The van der Waals surface area contributed by atoms with Crippen LogP contribution >= 0.6 is 0 Å². The molecule has 0 aliphatic heterocycles. The van der Waals surface area contributed by atoms with Gasteiger partial charge < -0.3 is 19.6 Å². The van der Waals surface area contributed by atoms with Gasteiger partial charge in [0.1, 0.15) is 24.5 Å². The number of ether oxygens (including phenoxy) is 2. The highest BCUT2D eigenvalue weighted by atomic mass is 16.5. The standard InChI is InChI=1S/C16H16N2O3/c17-13-7-4-8-14-16(13)18-15(21-14)11-19-9-10-20-12-5-2-1-3-6-12/h1-8H,9-11,17H2. The minimum atomic E-state index is 0.298. The molecule has 2 aromatic carbocycles. The molecule has 0 atom stereocenters. The Morgan fingerprint density at radius 1 is 1.00 bits per heavy atom. The third-order valence-electron chi connectivity index (χ3n) is 2.96. The first-order valence-corrected chi connectivity index (χ1v) is 6.72. The lowest BCUT2D eigenvalue weighted by molar-refractivity contribution is 0.0763. The molecule has 108 valence electrons. The van der Waals surface area contributed by atoms with Crippen LogP contribution in [0.5, 0.6) is 5.75 Å². The van der Waals surface area contributed by atoms with Crippen molar-refractivity contribution in [3.63, 3.8) is 0 Å². The first kappa shape index (κ1) is 13.5. The van der Waals surface area contributed by atoms with E-state index in [0.717, 1.165) is 5.75 Å². The molecule has 0 aliphatic carbocycles. The van der Waals surface area contributed by atoms with Gasteiger partial charge in [-0.05, 0) is 24.3 Å². The maximum absolute atomic E-state index is 5.83. The third kappa shape index (κ3) is 3.32. The summed E-state index contributed by atoms with van der Waals surface area (Å²) in [5.41, 5.74) is 7.79. The number of benzene rings is 2. The Hall–Kier alpha value is -2.53. The minimum absolute atomic E-state index is 0.298. The number of nitrogens with two attached hydrogens (primary N) is 1. The fraction of sp³-hybridized carbons (Fsp3) is 0.188. The average molecular weight is 284 g/mol. The van der Waals surface area contributed by atoms with Crippen molar-refractivity contribution in [3.8, 4) is 5.75 Å². The fourth-order valence-electron chi connectivity index (χ4n) is 1.97. The van der Waals surface area contributed by atoms with E-state index in [4.69, 9.17) is 19.6 Å². The first-order valence-electron chi connectivity index (χ1n) is 6.72. The number of nitrogen functional groups attached to an aromatic ring is 1. The monoisotopic (exact) mass is 284 g/mol. The van der Waals surface area contributed by atoms with Crippen molar-refractivity contribution in [2.24, 2.45) is 0 Å². The quantitative estimate of drug-likeness (QED) is 0.556. The van der Waals surface area contributed by atoms with Gasteiger partial charge in [-0.15, -0.1) is 0 Å². The van der Waals surface area contributed by atoms with E-state index in [2.05, 4.69) is 4.98 Å². The molecule has 0 aliphatic rings. The molecule has 21 heavy (non-hydrogen) atoms. The molecule has 0 bridgehead atoms. The second kappa shape index (κ2) is 6.28. The van der Waals surface area contributed by atoms with Crippen LogP contribution in [-0.4, -0.2) is 18.2 Å². The minimum Gasteiger partial charge on any atom is -0.491 e. The van der Waals surface area contributed by atoms with Crippen molar-refractivity contribution in [1.82, 2.24) is 4.98 Å². The fourth-order valence-corrected chi connectivity index (χ4v) is 1.97. The number of para-hydroxylation sites is 2. The lowest BCUT2D eigenvalue weighted by atomic mass is 10.3. The van der Waals surface area contributed by atoms with Crippen molar-refractivity contribution in [2.45, 2.75) is 6.61 Å². The normalized spacial score (nSPS) is 10.9. The lowest BCUT2D eigenvalue weighted by Crippen LogP contribution is -2.06. The van der Waals surface area contributed by atoms with Crippen LogP contribution in [0, 0.1) is 0 Å². The summed E-state index contributed by atoms with van der Waals surface area (Å²) in [7, 11) is 0. The number of aromatic nitrogens is 1. The summed E-state index contributed by atoms with van der Waals surface area (Å²) >= 11 is 0. The van der Waals surface area contributed by atoms with Crippen LogP contribution in [0.4, 0.5) is 5.69 Å². The zero-order chi connectivity index (χ0) is 14.5. The van der Waals surface area contributed by atoms with E-state index in [1.165, 1.54) is 0 Å². The maximum Gasteiger partial charge on any atom is 0.221 e. The maximum atomic E-state index is 5.83. The highest BCUT2D eigenvalue weighted by molar-refractivity contribution is 5.85. The van der Waals surface area contributed by atoms with E-state index in [0.29, 0.717) is 42.5 Å². The molecule has 0 saturated heterocycles. The summed E-state index contributed by atoms with van der Waals surface area (Å²) < 4.78 is 16.6. The summed E-state index contributed by atoms with van der Waals surface area (Å²) in [5, 5.41) is 0. The molecule has 1 aromatic heterocycles. The van der Waals surface area contributed by atoms with E-state index in [1.54, 1.807) is 6.07 Å². The molecule has 2 N–H and O–H groups in total. The van der Waals surface area contributed by atoms with Gasteiger partial charge in [0, 0.05) is 0 Å². The SMILES string of the molecule is Nc1cccc2oc(COCCOc3ccccc3)nc12. The highest BCUT2D eigenvalue weighted by Crippen LogP contribution is 2.21. The average Bonchev–Trinajstić information content (AvgIpc) is 2.92. The van der Waals surface area contributed by atoms with Crippen LogP contribution in [0.1, 0.15) is 5.89 Å². The van der Waals surface area contributed by atoms with Crippen molar-refractivity contribution in [2.75, 3.05) is 18.9 Å². The van der Waals surface area contributed by atoms with Crippen LogP contribution in [0.25, 0.3) is 11.1 Å². The molecule has 3 rings (SSSR count). The summed E-state index contributed by atoms with van der Waals surface area (Å²) in [6.45, 7) is 1.24. The van der Waals surface area contributed by atoms with Crippen LogP contribution in [0.2, 0.25) is 0 Å². The van der Waals surface area contributed by atoms with Crippen LogP contribution in [-0.2, 0) is 11.3 Å². The molecule has 0 spiro atoms. The molecular weight excluding hydrogens is 268 g/mol. The summed E-state index contributed by atoms with van der Waals surface area (Å²) in [5.74, 6) is 1.35. The second-order valence-corrected chi connectivity index (χ2v) is 4.52. The van der Waals surface area contributed by atoms with Gasteiger partial charge in [-0.3, -0.25) is 0 Å². The lowest BCUT2D eigenvalue weighted by Gasteiger charge is -2.05. The van der Waals surface area contributed by atoms with Gasteiger partial charge in [0.15, 0.2) is 5.58 Å². The number of rotatable bonds is 6. The molecule has 0 amide bonds. The van der Waals surface area contributed by atoms with Crippen LogP contribution in [0.15, 0.2) is 52.9 Å². The van der Waals surface area contributed by atoms with Gasteiger partial charge in [0.05, 0.1) is 12.3 Å². The first-order chi connectivity index (χ1) is 10.3.